The lowest BCUT2D eigenvalue weighted by molar-refractivity contribution is 0.114. The van der Waals surface area contributed by atoms with Gasteiger partial charge in [-0.25, -0.2) is 0 Å². The number of likely N-dealkylation sites (tertiary alicyclic amines) is 1. The van der Waals surface area contributed by atoms with Crippen LogP contribution in [0.1, 0.15) is 18.9 Å². The van der Waals surface area contributed by atoms with Crippen LogP contribution in [0.3, 0.4) is 0 Å². The number of aliphatic imine (C=N–C) groups is 1. The summed E-state index contributed by atoms with van der Waals surface area (Å²) in [6.45, 7) is 10.6. The standard InChI is InChI=1S/C21H34ClN5O.HI/c1-4-28-16-17-8-9-27(15-17)21(23-2)24-14-18-19(22)6-5-7-20(18)26-12-10-25(3)11-13-26;/h5-7,17H,4,8-16H2,1-3H3,(H,23,24);1H. The highest BCUT2D eigenvalue weighted by Crippen LogP contribution is 2.28. The number of guanidine groups is 1. The fraction of sp³-hybridized carbons (Fsp3) is 0.667. The van der Waals surface area contributed by atoms with Gasteiger partial charge in [0, 0.05) is 81.7 Å². The van der Waals surface area contributed by atoms with Crippen molar-refractivity contribution in [1.82, 2.24) is 15.1 Å². The first-order valence-electron chi connectivity index (χ1n) is 10.4. The second kappa shape index (κ2) is 12.2. The highest BCUT2D eigenvalue weighted by molar-refractivity contribution is 14.0. The molecule has 164 valence electrons. The van der Waals surface area contributed by atoms with Crippen LogP contribution >= 0.6 is 35.6 Å². The van der Waals surface area contributed by atoms with E-state index in [1.165, 1.54) is 5.69 Å². The Labute approximate surface area is 197 Å². The topological polar surface area (TPSA) is 43.3 Å². The zero-order valence-corrected chi connectivity index (χ0v) is 21.0. The SMILES string of the molecule is CCOCC1CCN(C(=NC)NCc2c(Cl)cccc2N2CCN(C)CC2)C1.I. The fourth-order valence-corrected chi connectivity index (χ4v) is 4.25. The molecule has 1 aromatic carbocycles. The number of nitrogens with zero attached hydrogens (tertiary/aromatic N) is 4. The minimum absolute atomic E-state index is 0. The molecule has 2 aliphatic rings. The maximum absolute atomic E-state index is 6.60. The second-order valence-electron chi connectivity index (χ2n) is 7.69. The van der Waals surface area contributed by atoms with Gasteiger partial charge in [-0.15, -0.1) is 24.0 Å². The molecule has 2 aliphatic heterocycles. The Bertz CT molecular complexity index is 666. The van der Waals surface area contributed by atoms with Crippen molar-refractivity contribution in [2.24, 2.45) is 10.9 Å². The molecule has 2 saturated heterocycles. The van der Waals surface area contributed by atoms with E-state index in [-0.39, 0.29) is 24.0 Å². The highest BCUT2D eigenvalue weighted by atomic mass is 127. The number of hydrogen-bond donors (Lipinski definition) is 1. The van der Waals surface area contributed by atoms with Gasteiger partial charge in [0.1, 0.15) is 0 Å². The van der Waals surface area contributed by atoms with Gasteiger partial charge in [0.2, 0.25) is 0 Å². The largest absolute Gasteiger partial charge is 0.381 e. The molecule has 0 saturated carbocycles. The summed E-state index contributed by atoms with van der Waals surface area (Å²) in [5, 5.41) is 4.36. The molecule has 1 aromatic rings. The van der Waals surface area contributed by atoms with Gasteiger partial charge >= 0.3 is 0 Å². The molecule has 0 spiro atoms. The van der Waals surface area contributed by atoms with E-state index >= 15 is 0 Å². The van der Waals surface area contributed by atoms with Crippen molar-refractivity contribution in [2.45, 2.75) is 19.9 Å². The van der Waals surface area contributed by atoms with Gasteiger partial charge in [0.15, 0.2) is 5.96 Å². The van der Waals surface area contributed by atoms with Crippen LogP contribution in [-0.2, 0) is 11.3 Å². The van der Waals surface area contributed by atoms with Crippen LogP contribution in [-0.4, -0.2) is 82.3 Å². The molecule has 0 aliphatic carbocycles. The fourth-order valence-electron chi connectivity index (χ4n) is 4.01. The van der Waals surface area contributed by atoms with E-state index in [1.54, 1.807) is 0 Å². The summed E-state index contributed by atoms with van der Waals surface area (Å²) < 4.78 is 5.60. The maximum Gasteiger partial charge on any atom is 0.193 e. The molecule has 1 unspecified atom stereocenters. The van der Waals surface area contributed by atoms with Gasteiger partial charge < -0.3 is 24.8 Å². The Morgan fingerprint density at radius 3 is 2.69 bits per heavy atom. The first kappa shape index (κ1) is 24.5. The molecule has 29 heavy (non-hydrogen) atoms. The van der Waals surface area contributed by atoms with E-state index in [9.17, 15) is 0 Å². The van der Waals surface area contributed by atoms with Crippen LogP contribution in [0.4, 0.5) is 5.69 Å². The predicted molar refractivity (Wildman–Crippen MR) is 133 cm³/mol. The molecule has 1 atom stereocenters. The summed E-state index contributed by atoms with van der Waals surface area (Å²) in [6.07, 6.45) is 1.15. The average Bonchev–Trinajstić information content (AvgIpc) is 3.17. The van der Waals surface area contributed by atoms with Crippen molar-refractivity contribution in [3.05, 3.63) is 28.8 Å². The number of nitrogens with one attached hydrogen (secondary N) is 1. The molecule has 1 N–H and O–H groups in total. The molecule has 6 nitrogen and oxygen atoms in total. The van der Waals surface area contributed by atoms with Crippen molar-refractivity contribution in [3.63, 3.8) is 0 Å². The summed E-state index contributed by atoms with van der Waals surface area (Å²) in [7, 11) is 4.03. The van der Waals surface area contributed by atoms with Crippen LogP contribution in [0.2, 0.25) is 5.02 Å². The molecule has 0 radical (unpaired) electrons. The van der Waals surface area contributed by atoms with E-state index in [0.717, 1.165) is 75.4 Å². The van der Waals surface area contributed by atoms with Crippen LogP contribution in [0.15, 0.2) is 23.2 Å². The van der Waals surface area contributed by atoms with Gasteiger partial charge in [-0.3, -0.25) is 4.99 Å². The summed E-state index contributed by atoms with van der Waals surface area (Å²) in [4.78, 5) is 11.7. The van der Waals surface area contributed by atoms with E-state index in [1.807, 2.05) is 19.2 Å². The molecule has 0 amide bonds. The van der Waals surface area contributed by atoms with Crippen molar-refractivity contribution < 1.29 is 4.74 Å². The molecule has 2 fully saturated rings. The maximum atomic E-state index is 6.60. The zero-order valence-electron chi connectivity index (χ0n) is 17.9. The van der Waals surface area contributed by atoms with E-state index < -0.39 is 0 Å². The number of anilines is 1. The minimum atomic E-state index is 0. The first-order chi connectivity index (χ1) is 13.6. The lowest BCUT2D eigenvalue weighted by Gasteiger charge is -2.35. The first-order valence-corrected chi connectivity index (χ1v) is 10.7. The summed E-state index contributed by atoms with van der Waals surface area (Å²) in [6, 6.07) is 6.22. The van der Waals surface area contributed by atoms with Crippen LogP contribution < -0.4 is 10.2 Å². The van der Waals surface area contributed by atoms with Gasteiger partial charge in [0.05, 0.1) is 6.61 Å². The van der Waals surface area contributed by atoms with Crippen molar-refractivity contribution in [1.29, 1.82) is 0 Å². The monoisotopic (exact) mass is 535 g/mol. The number of likely N-dealkylation sites (N-methyl/N-ethyl adjacent to an activating group) is 1. The van der Waals surface area contributed by atoms with Crippen LogP contribution in [0.25, 0.3) is 0 Å². The number of benzene rings is 1. The van der Waals surface area contributed by atoms with Crippen molar-refractivity contribution in [3.8, 4) is 0 Å². The van der Waals surface area contributed by atoms with Crippen LogP contribution in [0, 0.1) is 5.92 Å². The Balaban J connectivity index is 0.00000300. The molecule has 8 heteroatoms. The van der Waals surface area contributed by atoms with Crippen molar-refractivity contribution in [2.75, 3.05) is 71.5 Å². The van der Waals surface area contributed by atoms with Gasteiger partial charge in [-0.2, -0.15) is 0 Å². The smallest absolute Gasteiger partial charge is 0.193 e. The van der Waals surface area contributed by atoms with Crippen molar-refractivity contribution >= 4 is 47.2 Å². The van der Waals surface area contributed by atoms with E-state index in [0.29, 0.717) is 12.5 Å². The number of hydrogen-bond acceptors (Lipinski definition) is 4. The third kappa shape index (κ3) is 6.60. The zero-order chi connectivity index (χ0) is 19.9. The molecule has 0 bridgehead atoms. The van der Waals surface area contributed by atoms with Gasteiger partial charge in [-0.05, 0) is 32.5 Å². The van der Waals surface area contributed by atoms with Gasteiger partial charge in [-0.1, -0.05) is 17.7 Å². The summed E-state index contributed by atoms with van der Waals surface area (Å²) in [5.74, 6) is 1.53. The molecular formula is C21H35ClIN5O. The lowest BCUT2D eigenvalue weighted by atomic mass is 10.1. The Morgan fingerprint density at radius 1 is 1.24 bits per heavy atom. The third-order valence-electron chi connectivity index (χ3n) is 5.72. The van der Waals surface area contributed by atoms with E-state index in [4.69, 9.17) is 16.3 Å². The number of piperazine rings is 1. The summed E-state index contributed by atoms with van der Waals surface area (Å²) >= 11 is 6.60. The lowest BCUT2D eigenvalue weighted by Crippen LogP contribution is -2.45. The minimum Gasteiger partial charge on any atom is -0.381 e. The molecule has 3 rings (SSSR count). The van der Waals surface area contributed by atoms with E-state index in [2.05, 4.69) is 45.0 Å². The highest BCUT2D eigenvalue weighted by Gasteiger charge is 2.25. The Kier molecular flexibility index (Phi) is 10.3. The number of ether oxygens (including phenoxy) is 1. The summed E-state index contributed by atoms with van der Waals surface area (Å²) in [5.41, 5.74) is 2.39. The number of halogens is 2. The Morgan fingerprint density at radius 2 is 2.00 bits per heavy atom. The van der Waals surface area contributed by atoms with Crippen LogP contribution in [0.5, 0.6) is 0 Å². The quantitative estimate of drug-likeness (QED) is 0.344. The third-order valence-corrected chi connectivity index (χ3v) is 6.07. The van der Waals surface area contributed by atoms with Gasteiger partial charge in [0.25, 0.3) is 0 Å². The molecule has 0 aromatic heterocycles. The number of rotatable bonds is 6. The second-order valence-corrected chi connectivity index (χ2v) is 8.10. The Hall–Kier alpha value is -0.770. The normalized spacial score (nSPS) is 20.7. The molecule has 2 heterocycles. The predicted octanol–water partition coefficient (Wildman–Crippen LogP) is 3.14. The molecular weight excluding hydrogens is 501 g/mol. The average molecular weight is 536 g/mol.